The summed E-state index contributed by atoms with van der Waals surface area (Å²) >= 11 is 0. The molecule has 384 valence electrons. The van der Waals surface area contributed by atoms with Crippen molar-refractivity contribution in [3.8, 4) is 0 Å². The van der Waals surface area contributed by atoms with Gasteiger partial charge in [0.2, 0.25) is 0 Å². The van der Waals surface area contributed by atoms with Crippen LogP contribution in [0.1, 0.15) is 242 Å². The molecule has 0 amide bonds. The number of hydrogen-bond donors (Lipinski definition) is 1. The minimum atomic E-state index is -1.19. The average Bonchev–Trinajstić information content (AvgIpc) is 3.39. The molecule has 0 bridgehead atoms. The van der Waals surface area contributed by atoms with E-state index in [1.165, 1.54) is 207 Å². The van der Waals surface area contributed by atoms with Crippen molar-refractivity contribution in [3.05, 3.63) is 144 Å². The predicted molar refractivity (Wildman–Crippen MR) is 301 cm³/mol. The van der Waals surface area contributed by atoms with Crippen LogP contribution in [-0.4, -0.2) is 56.2 Å². The lowest BCUT2D eigenvalue weighted by atomic mass is 9.87. The fourth-order valence-corrected chi connectivity index (χ4v) is 10.4. The molecule has 4 rings (SSSR count). The molecule has 1 N–H and O–H groups in total. The van der Waals surface area contributed by atoms with Gasteiger partial charge in [0.05, 0.1) is 26.2 Å². The zero-order chi connectivity index (χ0) is 49.1. The zero-order valence-electron chi connectivity index (χ0n) is 45.0. The van der Waals surface area contributed by atoms with Crippen LogP contribution < -0.4 is 0 Å². The zero-order valence-corrected chi connectivity index (χ0v) is 45.0. The number of quaternary nitrogens is 1. The molecule has 4 nitrogen and oxygen atoms in total. The summed E-state index contributed by atoms with van der Waals surface area (Å²) in [4.78, 5) is 0. The maximum atomic E-state index is 10.2. The van der Waals surface area contributed by atoms with E-state index in [0.717, 1.165) is 25.7 Å². The second kappa shape index (κ2) is 41.4. The van der Waals surface area contributed by atoms with E-state index in [0.29, 0.717) is 25.0 Å². The van der Waals surface area contributed by atoms with Crippen LogP contribution in [0.5, 0.6) is 0 Å². The lowest BCUT2D eigenvalue weighted by Crippen LogP contribution is -2.50. The molecular weight excluding hydrogens is 842 g/mol. The van der Waals surface area contributed by atoms with E-state index in [1.807, 2.05) is 24.3 Å². The quantitative estimate of drug-likeness (QED) is 0.0273. The summed E-state index contributed by atoms with van der Waals surface area (Å²) in [6.45, 7) is 16.2. The number of rotatable bonds is 42. The summed E-state index contributed by atoms with van der Waals surface area (Å²) in [7, 11) is -1.19. The minimum absolute atomic E-state index is 0.307. The van der Waals surface area contributed by atoms with Crippen LogP contribution in [0, 0.1) is 0 Å². The lowest BCUT2D eigenvalue weighted by molar-refractivity contribution is -0.929. The van der Waals surface area contributed by atoms with Gasteiger partial charge in [-0.25, -0.2) is 0 Å². The molecule has 0 aliphatic heterocycles. The van der Waals surface area contributed by atoms with Crippen molar-refractivity contribution >= 4 is 7.32 Å². The third-order valence-corrected chi connectivity index (χ3v) is 14.5. The Morgan fingerprint density at radius 3 is 0.812 bits per heavy atom. The monoisotopic (exact) mass is 945 g/mol. The van der Waals surface area contributed by atoms with E-state index in [1.54, 1.807) is 0 Å². The van der Waals surface area contributed by atoms with Gasteiger partial charge in [-0.1, -0.05) is 252 Å². The van der Waals surface area contributed by atoms with Gasteiger partial charge in [0, 0.05) is 25.0 Å². The van der Waals surface area contributed by atoms with Crippen molar-refractivity contribution < 1.29 is 18.8 Å². The van der Waals surface area contributed by atoms with Crippen molar-refractivity contribution in [1.82, 2.24) is 0 Å². The lowest BCUT2D eigenvalue weighted by Gasteiger charge is -2.40. The molecule has 4 aromatic rings. The molecule has 0 spiro atoms. The second-order valence-electron chi connectivity index (χ2n) is 20.4. The van der Waals surface area contributed by atoms with Gasteiger partial charge >= 0.3 is 7.32 Å². The van der Waals surface area contributed by atoms with E-state index >= 15 is 0 Å². The number of unbranched alkanes of at least 4 members (excludes halogenated alkanes) is 20. The smallest absolute Gasteiger partial charge is 0.402 e. The summed E-state index contributed by atoms with van der Waals surface area (Å²) in [6, 6.07) is 42.2. The topological polar surface area (TPSA) is 38.7 Å². The highest BCUT2D eigenvalue weighted by Crippen LogP contribution is 2.30. The van der Waals surface area contributed by atoms with Crippen LogP contribution in [0.2, 0.25) is 0 Å². The molecule has 69 heavy (non-hydrogen) atoms. The molecule has 0 unspecified atom stereocenters. The number of nitrogens with zero attached hydrogens (tertiary/aromatic N) is 1. The standard InChI is InChI=1S/C32H35BO3.C32H68N/c34-33(35-25-13-23-31(27-15-5-1-6-16-27)28-17-7-2-8-18-28)36-26-14-24-32(29-19-9-3-10-20-29)30-21-11-4-12-22-30;1-5-9-13-17-21-25-29-33(30-26-22-18-14-10-6-2,31-27-23-19-15-11-7-3)32-28-24-20-16-12-8-4/h1-12,15-22,31-32,34H,13-14,23-26H2;5-32H2,1-4H3/q;+1. The van der Waals surface area contributed by atoms with Crippen molar-refractivity contribution in [2.75, 3.05) is 39.4 Å². The van der Waals surface area contributed by atoms with E-state index in [2.05, 4.69) is 125 Å². The minimum Gasteiger partial charge on any atom is -0.402 e. The molecule has 0 heterocycles. The van der Waals surface area contributed by atoms with Gasteiger partial charge in [0.1, 0.15) is 0 Å². The Bertz CT molecular complexity index is 1440. The highest BCUT2D eigenvalue weighted by Gasteiger charge is 2.26. The van der Waals surface area contributed by atoms with Crippen LogP contribution in [0.3, 0.4) is 0 Å². The largest absolute Gasteiger partial charge is 0.636 e. The van der Waals surface area contributed by atoms with E-state index in [9.17, 15) is 5.02 Å². The van der Waals surface area contributed by atoms with Crippen molar-refractivity contribution in [2.45, 2.75) is 219 Å². The summed E-state index contributed by atoms with van der Waals surface area (Å²) < 4.78 is 12.6. The molecule has 0 aliphatic carbocycles. The van der Waals surface area contributed by atoms with Gasteiger partial charge in [-0.3, -0.25) is 0 Å². The Hall–Kier alpha value is -3.22. The summed E-state index contributed by atoms with van der Waals surface area (Å²) in [5.41, 5.74) is 5.19. The molecular formula is C64H103BNO3+. The molecule has 5 heteroatoms. The molecule has 4 aromatic carbocycles. The Morgan fingerprint density at radius 1 is 0.333 bits per heavy atom. The van der Waals surface area contributed by atoms with Gasteiger partial charge in [-0.15, -0.1) is 0 Å². The van der Waals surface area contributed by atoms with E-state index in [-0.39, 0.29) is 0 Å². The molecule has 0 aromatic heterocycles. The molecule has 0 radical (unpaired) electrons. The normalized spacial score (nSPS) is 11.6. The summed E-state index contributed by atoms with van der Waals surface area (Å²) in [5, 5.41) is 10.2. The maximum absolute atomic E-state index is 10.2. The Kier molecular flexibility index (Phi) is 36.1. The molecule has 0 aliphatic rings. The maximum Gasteiger partial charge on any atom is 0.636 e. The van der Waals surface area contributed by atoms with Crippen molar-refractivity contribution in [2.24, 2.45) is 0 Å². The van der Waals surface area contributed by atoms with Crippen LogP contribution in [0.25, 0.3) is 0 Å². The Balaban J connectivity index is 0.000000368. The fourth-order valence-electron chi connectivity index (χ4n) is 10.4. The van der Waals surface area contributed by atoms with Crippen molar-refractivity contribution in [3.63, 3.8) is 0 Å². The average molecular weight is 945 g/mol. The van der Waals surface area contributed by atoms with Crippen LogP contribution in [-0.2, 0) is 9.31 Å². The molecule has 0 atom stereocenters. The third-order valence-electron chi connectivity index (χ3n) is 14.5. The Morgan fingerprint density at radius 2 is 0.565 bits per heavy atom. The van der Waals surface area contributed by atoms with Gasteiger partial charge in [-0.05, 0) is 99.3 Å². The SMILES string of the molecule is CCCCCCCC[N+](CCCCCCCC)(CCCCCCCC)CCCCCCCC.OB(OCCCC(c1ccccc1)c1ccccc1)OCCCC(c1ccccc1)c1ccccc1. The van der Waals surface area contributed by atoms with Crippen LogP contribution in [0.4, 0.5) is 0 Å². The van der Waals surface area contributed by atoms with Gasteiger partial charge in [0.15, 0.2) is 0 Å². The molecule has 0 saturated heterocycles. The second-order valence-corrected chi connectivity index (χ2v) is 20.4. The first-order valence-corrected chi connectivity index (χ1v) is 29.0. The summed E-state index contributed by atoms with van der Waals surface area (Å²) in [6.07, 6.45) is 38.3. The Labute approximate surface area is 426 Å². The van der Waals surface area contributed by atoms with Crippen LogP contribution >= 0.6 is 0 Å². The third kappa shape index (κ3) is 28.4. The van der Waals surface area contributed by atoms with Crippen molar-refractivity contribution in [1.29, 1.82) is 0 Å². The molecule has 0 fully saturated rings. The predicted octanol–water partition coefficient (Wildman–Crippen LogP) is 18.5. The number of hydrogen-bond acceptors (Lipinski definition) is 3. The van der Waals surface area contributed by atoms with Gasteiger partial charge < -0.3 is 18.8 Å². The van der Waals surface area contributed by atoms with Gasteiger partial charge in [-0.2, -0.15) is 0 Å². The first-order valence-electron chi connectivity index (χ1n) is 29.0. The highest BCUT2D eigenvalue weighted by molar-refractivity contribution is 6.34. The summed E-state index contributed by atoms with van der Waals surface area (Å²) in [5.74, 6) is 0.615. The first-order chi connectivity index (χ1) is 34.1. The van der Waals surface area contributed by atoms with E-state index < -0.39 is 7.32 Å². The van der Waals surface area contributed by atoms with Crippen LogP contribution in [0.15, 0.2) is 121 Å². The highest BCUT2D eigenvalue weighted by atomic mass is 16.7. The van der Waals surface area contributed by atoms with Gasteiger partial charge in [0.25, 0.3) is 0 Å². The molecule has 0 saturated carbocycles. The fraction of sp³-hybridized carbons (Fsp3) is 0.625. The van der Waals surface area contributed by atoms with E-state index in [4.69, 9.17) is 9.31 Å². The first kappa shape index (κ1) is 60.1. The number of benzene rings is 4.